The second kappa shape index (κ2) is 19.9. The number of aryl methyl sites for hydroxylation is 2. The number of carbonyl (C=O) groups is 2. The molecule has 0 fully saturated rings. The maximum atomic E-state index is 12.4. The largest absolute Gasteiger partial charge is 0.394 e. The van der Waals surface area contributed by atoms with E-state index in [1.54, 1.807) is 26.8 Å². The molecule has 0 spiro atoms. The van der Waals surface area contributed by atoms with Crippen molar-refractivity contribution < 1.29 is 30.0 Å². The topological polar surface area (TPSA) is 139 Å². The summed E-state index contributed by atoms with van der Waals surface area (Å²) in [5, 5.41) is 41.4. The Morgan fingerprint density at radius 1 is 0.742 bits per heavy atom. The number of aliphatic hydroxyl groups is 4. The van der Waals surface area contributed by atoms with Crippen molar-refractivity contribution in [3.05, 3.63) is 33.9 Å². The molecule has 2 atom stereocenters. The first-order chi connectivity index (χ1) is 14.7. The fraction of sp³-hybridized carbons (Fsp3) is 0.652. The van der Waals surface area contributed by atoms with Gasteiger partial charge in [0.25, 0.3) is 11.8 Å². The van der Waals surface area contributed by atoms with Gasteiger partial charge in [-0.1, -0.05) is 47.6 Å². The summed E-state index contributed by atoms with van der Waals surface area (Å²) in [5.41, 5.74) is 2.48. The predicted molar refractivity (Wildman–Crippen MR) is 126 cm³/mol. The predicted octanol–water partition coefficient (Wildman–Crippen LogP) is 1.86. The highest BCUT2D eigenvalue weighted by atomic mass is 16.3. The zero-order chi connectivity index (χ0) is 25.1. The highest BCUT2D eigenvalue weighted by molar-refractivity contribution is 6.03. The van der Waals surface area contributed by atoms with E-state index >= 15 is 0 Å². The van der Waals surface area contributed by atoms with Crippen molar-refractivity contribution in [3.8, 4) is 0 Å². The molecular formula is C23H44N2O6. The van der Waals surface area contributed by atoms with Crippen LogP contribution >= 0.6 is 0 Å². The minimum atomic E-state index is -1.06. The lowest BCUT2D eigenvalue weighted by atomic mass is 9.92. The van der Waals surface area contributed by atoms with Crippen molar-refractivity contribution in [3.63, 3.8) is 0 Å². The van der Waals surface area contributed by atoms with Crippen molar-refractivity contribution in [1.29, 1.82) is 0 Å². The summed E-state index contributed by atoms with van der Waals surface area (Å²) < 4.78 is 0. The van der Waals surface area contributed by atoms with E-state index in [1.165, 1.54) is 0 Å². The van der Waals surface area contributed by atoms with E-state index in [0.29, 0.717) is 27.8 Å². The van der Waals surface area contributed by atoms with Gasteiger partial charge in [-0.3, -0.25) is 9.59 Å². The fourth-order valence-corrected chi connectivity index (χ4v) is 2.61. The van der Waals surface area contributed by atoms with Crippen molar-refractivity contribution >= 4 is 11.8 Å². The van der Waals surface area contributed by atoms with E-state index in [0.717, 1.165) is 0 Å². The van der Waals surface area contributed by atoms with Gasteiger partial charge < -0.3 is 31.1 Å². The van der Waals surface area contributed by atoms with Crippen molar-refractivity contribution in [1.82, 2.24) is 10.6 Å². The number of benzene rings is 1. The van der Waals surface area contributed by atoms with Crippen LogP contribution in [0.1, 0.15) is 78.9 Å². The maximum absolute atomic E-state index is 12.4. The van der Waals surface area contributed by atoms with Gasteiger partial charge >= 0.3 is 0 Å². The molecule has 182 valence electrons. The fourth-order valence-electron chi connectivity index (χ4n) is 2.61. The van der Waals surface area contributed by atoms with Gasteiger partial charge in [-0.15, -0.1) is 0 Å². The lowest BCUT2D eigenvalue weighted by Gasteiger charge is -2.18. The van der Waals surface area contributed by atoms with E-state index in [4.69, 9.17) is 10.2 Å². The molecule has 31 heavy (non-hydrogen) atoms. The minimum absolute atomic E-state index is 0.105. The smallest absolute Gasteiger partial charge is 0.251 e. The first kappa shape index (κ1) is 33.6. The lowest BCUT2D eigenvalue weighted by Crippen LogP contribution is -2.36. The van der Waals surface area contributed by atoms with Crippen molar-refractivity contribution in [2.75, 3.05) is 26.3 Å². The summed E-state index contributed by atoms with van der Waals surface area (Å²) in [7, 11) is 0. The number of amides is 2. The van der Waals surface area contributed by atoms with Gasteiger partial charge in [-0.25, -0.2) is 0 Å². The standard InChI is InChI=1S/C17H26N2O6.3C2H6/c1-9-4-10(2)15(17(25)19-6-13(23)8-21)11(3)14(9)16(24)18-5-12(22)7-20;3*1-2/h4,12-13,20-23H,5-8H2,1-3H3,(H,18,24)(H,19,25);3*1-2H3. The summed E-state index contributed by atoms with van der Waals surface area (Å²) in [6, 6.07) is 1.71. The molecule has 0 saturated heterocycles. The molecule has 0 heterocycles. The monoisotopic (exact) mass is 444 g/mol. The van der Waals surface area contributed by atoms with Crippen LogP contribution in [-0.2, 0) is 0 Å². The Labute approximate surface area is 187 Å². The SMILES string of the molecule is CC.CC.CC.Cc1cc(C)c(C(=O)NCC(O)CO)c(C)c1C(=O)NCC(O)CO. The van der Waals surface area contributed by atoms with Crippen molar-refractivity contribution in [2.24, 2.45) is 0 Å². The molecule has 6 N–H and O–H groups in total. The Morgan fingerprint density at radius 2 is 1.03 bits per heavy atom. The third kappa shape index (κ3) is 11.8. The van der Waals surface area contributed by atoms with Crippen LogP contribution in [0, 0.1) is 20.8 Å². The molecule has 0 aliphatic carbocycles. The second-order valence-corrected chi connectivity index (χ2v) is 5.98. The minimum Gasteiger partial charge on any atom is -0.394 e. The summed E-state index contributed by atoms with van der Waals surface area (Å²) in [4.78, 5) is 24.8. The first-order valence-electron chi connectivity index (χ1n) is 11.0. The molecule has 0 aliphatic rings. The maximum Gasteiger partial charge on any atom is 0.251 e. The van der Waals surface area contributed by atoms with Crippen LogP contribution in [0.15, 0.2) is 6.07 Å². The molecule has 0 aromatic heterocycles. The molecule has 1 aromatic carbocycles. The van der Waals surface area contributed by atoms with Gasteiger partial charge in [0.05, 0.1) is 25.4 Å². The molecule has 2 unspecified atom stereocenters. The van der Waals surface area contributed by atoms with E-state index in [2.05, 4.69) is 10.6 Å². The average molecular weight is 445 g/mol. The zero-order valence-electron chi connectivity index (χ0n) is 20.7. The Morgan fingerprint density at radius 3 is 1.29 bits per heavy atom. The molecule has 1 aromatic rings. The van der Waals surface area contributed by atoms with Gasteiger partial charge in [0.2, 0.25) is 0 Å². The summed E-state index contributed by atoms with van der Waals surface area (Å²) in [6.07, 6.45) is -2.12. The number of hydrogen-bond donors (Lipinski definition) is 6. The van der Waals surface area contributed by atoms with E-state index < -0.39 is 37.2 Å². The first-order valence-corrected chi connectivity index (χ1v) is 11.0. The van der Waals surface area contributed by atoms with Crippen LogP contribution < -0.4 is 10.6 Å². The van der Waals surface area contributed by atoms with Gasteiger partial charge in [0.15, 0.2) is 0 Å². The Hall–Kier alpha value is -2.00. The van der Waals surface area contributed by atoms with E-state index in [9.17, 15) is 19.8 Å². The Bertz CT molecular complexity index is 585. The zero-order valence-corrected chi connectivity index (χ0v) is 20.7. The number of hydrogen-bond acceptors (Lipinski definition) is 6. The molecule has 8 nitrogen and oxygen atoms in total. The lowest BCUT2D eigenvalue weighted by molar-refractivity contribution is 0.0798. The molecule has 1 rings (SSSR count). The van der Waals surface area contributed by atoms with Crippen LogP contribution in [0.4, 0.5) is 0 Å². The van der Waals surface area contributed by atoms with E-state index in [1.807, 2.05) is 41.5 Å². The number of carbonyl (C=O) groups excluding carboxylic acids is 2. The summed E-state index contributed by atoms with van der Waals surface area (Å²) in [6.45, 7) is 16.0. The molecule has 0 saturated carbocycles. The molecule has 0 radical (unpaired) electrons. The summed E-state index contributed by atoms with van der Waals surface area (Å²) >= 11 is 0. The second-order valence-electron chi connectivity index (χ2n) is 5.98. The quantitative estimate of drug-likeness (QED) is 0.362. The average Bonchev–Trinajstić information content (AvgIpc) is 2.79. The molecule has 0 bridgehead atoms. The Kier molecular flexibility index (Phi) is 21.6. The van der Waals surface area contributed by atoms with Gasteiger partial charge in [-0.05, 0) is 37.5 Å². The van der Waals surface area contributed by atoms with Crippen molar-refractivity contribution in [2.45, 2.75) is 74.5 Å². The molecule has 2 amide bonds. The number of nitrogens with one attached hydrogen (secondary N) is 2. The van der Waals surface area contributed by atoms with Crippen LogP contribution in [0.5, 0.6) is 0 Å². The molecule has 0 aliphatic heterocycles. The highest BCUT2D eigenvalue weighted by Gasteiger charge is 2.21. The van der Waals surface area contributed by atoms with Gasteiger partial charge in [0, 0.05) is 24.2 Å². The number of aliphatic hydroxyl groups excluding tert-OH is 4. The normalized spacial score (nSPS) is 11.3. The Balaban J connectivity index is -0.00000120. The van der Waals surface area contributed by atoms with Crippen LogP contribution in [0.3, 0.4) is 0 Å². The summed E-state index contributed by atoms with van der Waals surface area (Å²) in [5.74, 6) is -0.904. The highest BCUT2D eigenvalue weighted by Crippen LogP contribution is 2.22. The number of rotatable bonds is 8. The van der Waals surface area contributed by atoms with Gasteiger partial charge in [0.1, 0.15) is 0 Å². The molecular weight excluding hydrogens is 400 g/mol. The third-order valence-corrected chi connectivity index (χ3v) is 3.84. The van der Waals surface area contributed by atoms with Crippen LogP contribution in [0.2, 0.25) is 0 Å². The van der Waals surface area contributed by atoms with E-state index in [-0.39, 0.29) is 13.1 Å². The van der Waals surface area contributed by atoms with Gasteiger partial charge in [-0.2, -0.15) is 0 Å². The van der Waals surface area contributed by atoms with Crippen LogP contribution in [-0.4, -0.2) is 70.8 Å². The third-order valence-electron chi connectivity index (χ3n) is 3.84. The van der Waals surface area contributed by atoms with Crippen LogP contribution in [0.25, 0.3) is 0 Å². The molecule has 8 heteroatoms.